The van der Waals surface area contributed by atoms with Gasteiger partial charge in [0.25, 0.3) is 0 Å². The smallest absolute Gasteiger partial charge is 0.342 e. The van der Waals surface area contributed by atoms with E-state index < -0.39 is 69.6 Å². The summed E-state index contributed by atoms with van der Waals surface area (Å²) in [5.41, 5.74) is 1.12. The van der Waals surface area contributed by atoms with Gasteiger partial charge >= 0.3 is 19.5 Å². The number of pyridine rings is 1. The van der Waals surface area contributed by atoms with Gasteiger partial charge in [-0.25, -0.2) is 10.1 Å². The fraction of sp³-hybridized carbons (Fsp3) is 0.500. The summed E-state index contributed by atoms with van der Waals surface area (Å²) >= 11 is 6.43. The molecule has 5 rings (SSSR count). The van der Waals surface area contributed by atoms with Crippen molar-refractivity contribution >= 4 is 47.8 Å². The molecule has 0 amide bonds. The number of ether oxygens (including phenoxy) is 4. The molecule has 264 valence electrons. The molecule has 2 fully saturated rings. The molecule has 49 heavy (non-hydrogen) atoms. The normalized spacial score (nSPS) is 22.1. The van der Waals surface area contributed by atoms with Gasteiger partial charge in [0.05, 0.1) is 18.2 Å². The summed E-state index contributed by atoms with van der Waals surface area (Å²) in [5, 5.41) is 38.3. The zero-order valence-electron chi connectivity index (χ0n) is 27.0. The zero-order chi connectivity index (χ0) is 35.1. The molecule has 15 nitrogen and oxygen atoms in total. The van der Waals surface area contributed by atoms with E-state index in [9.17, 15) is 29.6 Å². The van der Waals surface area contributed by atoms with Crippen LogP contribution in [0, 0.1) is 17.2 Å². The monoisotopic (exact) mass is 719 g/mol. The summed E-state index contributed by atoms with van der Waals surface area (Å²) in [6, 6.07) is 12.3. The molecule has 1 saturated heterocycles. The van der Waals surface area contributed by atoms with E-state index in [0.29, 0.717) is 16.7 Å². The molecule has 4 N–H and O–H groups in total. The van der Waals surface area contributed by atoms with Gasteiger partial charge in [-0.2, -0.15) is 5.26 Å². The van der Waals surface area contributed by atoms with Crippen LogP contribution >= 0.6 is 19.1 Å². The topological polar surface area (TPSA) is 203 Å². The van der Waals surface area contributed by atoms with Crippen LogP contribution in [0.1, 0.15) is 51.3 Å². The molecule has 2 aromatic heterocycles. The summed E-state index contributed by atoms with van der Waals surface area (Å²) in [5.74, 6) is -1.57. The van der Waals surface area contributed by atoms with Gasteiger partial charge < -0.3 is 43.6 Å². The SMILES string of the molecule is CC(C)C(=O)OCOC(=O)CNP(=O)(COC[C@H]1O[C@@H](n2ccc3c(NC4CCCC4)c(C#N)c(Cl)nc32)[C@H](O)[C@@H]1O)Oc1ccccc1. The number of halogens is 1. The maximum absolute atomic E-state index is 13.8. The van der Waals surface area contributed by atoms with E-state index in [1.54, 1.807) is 56.4 Å². The lowest BCUT2D eigenvalue weighted by Crippen LogP contribution is -2.34. The number of nitrogens with zero attached hydrogens (tertiary/aromatic N) is 3. The first-order valence-corrected chi connectivity index (χ1v) is 18.1. The minimum atomic E-state index is -3.93. The highest BCUT2D eigenvalue weighted by Crippen LogP contribution is 2.43. The number of rotatable bonds is 15. The maximum Gasteiger partial charge on any atom is 0.342 e. The minimum absolute atomic E-state index is 0.00881. The van der Waals surface area contributed by atoms with E-state index in [0.717, 1.165) is 25.7 Å². The molecule has 0 spiro atoms. The Bertz CT molecular complexity index is 1710. The van der Waals surface area contributed by atoms with Crippen molar-refractivity contribution in [2.75, 3.05) is 31.6 Å². The summed E-state index contributed by atoms with van der Waals surface area (Å²) in [6.45, 7) is 1.79. The van der Waals surface area contributed by atoms with Crippen LogP contribution in [0.4, 0.5) is 5.69 Å². The van der Waals surface area contributed by atoms with E-state index in [1.165, 1.54) is 4.57 Å². The van der Waals surface area contributed by atoms with Crippen LogP contribution in [0.25, 0.3) is 11.0 Å². The van der Waals surface area contributed by atoms with Gasteiger partial charge in [-0.3, -0.25) is 14.2 Å². The van der Waals surface area contributed by atoms with E-state index in [4.69, 9.17) is 35.1 Å². The molecule has 3 heterocycles. The van der Waals surface area contributed by atoms with E-state index in [1.807, 2.05) is 0 Å². The van der Waals surface area contributed by atoms with Crippen molar-refractivity contribution < 1.29 is 47.8 Å². The van der Waals surface area contributed by atoms with Crippen molar-refractivity contribution in [2.45, 2.75) is 70.1 Å². The average Bonchev–Trinajstić information content (AvgIpc) is 3.81. The highest BCUT2D eigenvalue weighted by atomic mass is 35.5. The number of esters is 2. The van der Waals surface area contributed by atoms with Gasteiger partial charge in [0.15, 0.2) is 11.4 Å². The number of para-hydroxylation sites is 1. The van der Waals surface area contributed by atoms with Gasteiger partial charge in [0.1, 0.15) is 54.2 Å². The van der Waals surface area contributed by atoms with E-state index >= 15 is 0 Å². The van der Waals surface area contributed by atoms with Crippen LogP contribution in [0.5, 0.6) is 5.75 Å². The number of carbonyl (C=O) groups excluding carboxylic acids is 2. The number of benzene rings is 1. The number of aromatic nitrogens is 2. The quantitative estimate of drug-likeness (QED) is 0.0757. The number of fused-ring (bicyclic) bond motifs is 1. The number of carbonyl (C=O) groups is 2. The van der Waals surface area contributed by atoms with Crippen molar-refractivity contribution in [3.05, 3.63) is 53.3 Å². The number of hydrogen-bond acceptors (Lipinski definition) is 13. The summed E-state index contributed by atoms with van der Waals surface area (Å²) < 4.78 is 42.4. The lowest BCUT2D eigenvalue weighted by Gasteiger charge is -2.22. The highest BCUT2D eigenvalue weighted by molar-refractivity contribution is 7.57. The fourth-order valence-electron chi connectivity index (χ4n) is 5.57. The first-order chi connectivity index (χ1) is 23.5. The molecule has 5 atom stereocenters. The Morgan fingerprint density at radius 1 is 1.16 bits per heavy atom. The number of aliphatic hydroxyl groups is 2. The van der Waals surface area contributed by atoms with Gasteiger partial charge in [-0.05, 0) is 31.0 Å². The molecular formula is C32H39ClN5O10P. The molecule has 1 aliphatic carbocycles. The van der Waals surface area contributed by atoms with Crippen LogP contribution in [0.2, 0.25) is 5.15 Å². The van der Waals surface area contributed by atoms with Gasteiger partial charge in [-0.1, -0.05) is 56.5 Å². The molecule has 1 aromatic carbocycles. The van der Waals surface area contributed by atoms with Crippen LogP contribution in [0.15, 0.2) is 42.6 Å². The second-order valence-electron chi connectivity index (χ2n) is 12.1. The third kappa shape index (κ3) is 8.90. The third-order valence-corrected chi connectivity index (χ3v) is 10.1. The zero-order valence-corrected chi connectivity index (χ0v) is 28.6. The van der Waals surface area contributed by atoms with Crippen molar-refractivity contribution in [3.8, 4) is 11.8 Å². The Labute approximate surface area is 287 Å². The highest BCUT2D eigenvalue weighted by Gasteiger charge is 2.45. The Balaban J connectivity index is 1.24. The Morgan fingerprint density at radius 3 is 2.59 bits per heavy atom. The average molecular weight is 720 g/mol. The van der Waals surface area contributed by atoms with Crippen LogP contribution in [0.3, 0.4) is 0 Å². The summed E-state index contributed by atoms with van der Waals surface area (Å²) in [4.78, 5) is 28.3. The van der Waals surface area contributed by atoms with Gasteiger partial charge in [0, 0.05) is 17.6 Å². The predicted octanol–water partition coefficient (Wildman–Crippen LogP) is 4.07. The first-order valence-electron chi connectivity index (χ1n) is 15.9. The molecule has 1 unspecified atom stereocenters. The number of hydrogen-bond donors (Lipinski definition) is 4. The molecule has 17 heteroatoms. The molecule has 2 aliphatic rings. The van der Waals surface area contributed by atoms with E-state index in [2.05, 4.69) is 21.5 Å². The Kier molecular flexibility index (Phi) is 12.2. The second-order valence-corrected chi connectivity index (χ2v) is 14.5. The lowest BCUT2D eigenvalue weighted by molar-refractivity contribution is -0.168. The molecule has 1 saturated carbocycles. The maximum atomic E-state index is 13.8. The molecule has 1 aliphatic heterocycles. The molecular weight excluding hydrogens is 681 g/mol. The van der Waals surface area contributed by atoms with Crippen molar-refractivity contribution in [3.63, 3.8) is 0 Å². The first kappa shape index (κ1) is 36.5. The van der Waals surface area contributed by atoms with E-state index in [-0.39, 0.29) is 29.1 Å². The van der Waals surface area contributed by atoms with Crippen LogP contribution in [-0.2, 0) is 33.1 Å². The fourth-order valence-corrected chi connectivity index (χ4v) is 7.17. The molecule has 3 aromatic rings. The molecule has 0 bridgehead atoms. The van der Waals surface area contributed by atoms with Gasteiger partial charge in [-0.15, -0.1) is 0 Å². The van der Waals surface area contributed by atoms with Crippen molar-refractivity contribution in [1.82, 2.24) is 14.6 Å². The number of nitriles is 1. The summed E-state index contributed by atoms with van der Waals surface area (Å²) in [6.07, 6.45) is 0.201. The lowest BCUT2D eigenvalue weighted by atomic mass is 10.1. The third-order valence-electron chi connectivity index (χ3n) is 8.14. The van der Waals surface area contributed by atoms with Crippen molar-refractivity contribution in [2.24, 2.45) is 5.92 Å². The largest absolute Gasteiger partial charge is 0.431 e. The Hall–Kier alpha value is -3.74. The predicted molar refractivity (Wildman–Crippen MR) is 177 cm³/mol. The van der Waals surface area contributed by atoms with Crippen molar-refractivity contribution in [1.29, 1.82) is 5.26 Å². The summed E-state index contributed by atoms with van der Waals surface area (Å²) in [7, 11) is -3.93. The van der Waals surface area contributed by atoms with Gasteiger partial charge in [0.2, 0.25) is 6.79 Å². The molecule has 0 radical (unpaired) electrons. The number of nitrogens with one attached hydrogen (secondary N) is 2. The number of anilines is 1. The Morgan fingerprint density at radius 2 is 1.90 bits per heavy atom. The second kappa shape index (κ2) is 16.3. The van der Waals surface area contributed by atoms with Crippen LogP contribution < -0.4 is 14.9 Å². The number of aliphatic hydroxyl groups excluding tert-OH is 2. The minimum Gasteiger partial charge on any atom is -0.431 e. The van der Waals surface area contributed by atoms with Crippen LogP contribution in [-0.4, -0.2) is 82.3 Å². The standard InChI is InChI=1S/C32H39ClN5O10P/c1-19(2)32(42)46-17-45-25(39)15-35-49(43,48-21-10-4-3-5-11-21)18-44-16-24-27(40)28(41)31(47-24)38-13-12-22-26(36-20-8-6-7-9-20)23(14-34)29(33)37-30(22)38/h3-5,10-13,19-20,24,27-28,31,40-41H,6-9,15-18H2,1-2H3,(H,35,43)(H,36,37)/t24-,27-,28-,31-,49?/m1/s1.